The minimum atomic E-state index is -0.417. The Labute approximate surface area is 143 Å². The van der Waals surface area contributed by atoms with Crippen molar-refractivity contribution >= 4 is 44.0 Å². The monoisotopic (exact) mass is 427 g/mol. The molecule has 22 heavy (non-hydrogen) atoms. The predicted octanol–water partition coefficient (Wildman–Crippen LogP) is 3.09. The predicted molar refractivity (Wildman–Crippen MR) is 89.2 cm³/mol. The van der Waals surface area contributed by atoms with Crippen LogP contribution in [0.25, 0.3) is 0 Å². The lowest BCUT2D eigenvalue weighted by Gasteiger charge is -2.06. The molecule has 0 bridgehead atoms. The third-order valence-electron chi connectivity index (χ3n) is 2.74. The standard InChI is InChI=1S/C14H11Br2N3O3/c1-7-2-3-8(5-17-7)14(22)19-18-6-9-4-10(15)13(21)11(16)12(9)20/h2-6,20-21H,1H3,(H,19,22). The number of aryl methyl sites for hydroxylation is 1. The van der Waals surface area contributed by atoms with Crippen LogP contribution in [0, 0.1) is 6.92 Å². The zero-order chi connectivity index (χ0) is 16.3. The highest BCUT2D eigenvalue weighted by Crippen LogP contribution is 2.40. The molecule has 0 unspecified atom stereocenters. The molecule has 8 heteroatoms. The molecule has 2 rings (SSSR count). The molecule has 1 aromatic heterocycles. The zero-order valence-electron chi connectivity index (χ0n) is 11.3. The van der Waals surface area contributed by atoms with Crippen molar-refractivity contribution in [3.8, 4) is 11.5 Å². The maximum absolute atomic E-state index is 11.8. The van der Waals surface area contributed by atoms with Crippen LogP contribution in [0.15, 0.2) is 38.4 Å². The van der Waals surface area contributed by atoms with Crippen LogP contribution >= 0.6 is 31.9 Å². The van der Waals surface area contributed by atoms with Crippen molar-refractivity contribution in [2.24, 2.45) is 5.10 Å². The molecule has 0 atom stereocenters. The van der Waals surface area contributed by atoms with Gasteiger partial charge in [-0.05, 0) is 57.0 Å². The van der Waals surface area contributed by atoms with Gasteiger partial charge in [0.05, 0.1) is 16.3 Å². The van der Waals surface area contributed by atoms with Crippen molar-refractivity contribution in [1.82, 2.24) is 10.4 Å². The van der Waals surface area contributed by atoms with Crippen LogP contribution in [0.1, 0.15) is 21.6 Å². The van der Waals surface area contributed by atoms with E-state index in [1.807, 2.05) is 6.92 Å². The summed E-state index contributed by atoms with van der Waals surface area (Å²) in [7, 11) is 0. The molecule has 0 radical (unpaired) electrons. The van der Waals surface area contributed by atoms with E-state index in [-0.39, 0.29) is 16.0 Å². The Morgan fingerprint density at radius 2 is 2.05 bits per heavy atom. The number of phenolic OH excluding ortho intramolecular Hbond substituents is 2. The third-order valence-corrected chi connectivity index (χ3v) is 4.10. The topological polar surface area (TPSA) is 94.8 Å². The van der Waals surface area contributed by atoms with Crippen LogP contribution in [0.4, 0.5) is 0 Å². The Bertz CT molecular complexity index is 746. The second-order valence-electron chi connectivity index (χ2n) is 4.35. The fourth-order valence-corrected chi connectivity index (χ4v) is 2.70. The summed E-state index contributed by atoms with van der Waals surface area (Å²) in [6, 6.07) is 4.83. The summed E-state index contributed by atoms with van der Waals surface area (Å²) in [5, 5.41) is 23.3. The Morgan fingerprint density at radius 3 is 2.68 bits per heavy atom. The van der Waals surface area contributed by atoms with E-state index in [4.69, 9.17) is 0 Å². The molecule has 0 saturated heterocycles. The van der Waals surface area contributed by atoms with Crippen LogP contribution in [-0.2, 0) is 0 Å². The molecule has 6 nitrogen and oxygen atoms in total. The van der Waals surface area contributed by atoms with Gasteiger partial charge in [0.1, 0.15) is 16.0 Å². The maximum atomic E-state index is 11.8. The van der Waals surface area contributed by atoms with Crippen molar-refractivity contribution in [2.75, 3.05) is 0 Å². The van der Waals surface area contributed by atoms with Gasteiger partial charge in [0.25, 0.3) is 5.91 Å². The normalized spacial score (nSPS) is 10.9. The zero-order valence-corrected chi connectivity index (χ0v) is 14.5. The molecule has 1 amide bonds. The molecule has 0 aliphatic rings. The first-order chi connectivity index (χ1) is 10.4. The summed E-state index contributed by atoms with van der Waals surface area (Å²) >= 11 is 6.20. The minimum absolute atomic E-state index is 0.121. The summed E-state index contributed by atoms with van der Waals surface area (Å²) in [6.07, 6.45) is 2.72. The van der Waals surface area contributed by atoms with Crippen molar-refractivity contribution in [1.29, 1.82) is 0 Å². The molecule has 114 valence electrons. The molecule has 0 aliphatic carbocycles. The second-order valence-corrected chi connectivity index (χ2v) is 5.99. The van der Waals surface area contributed by atoms with Crippen molar-refractivity contribution < 1.29 is 15.0 Å². The van der Waals surface area contributed by atoms with Gasteiger partial charge < -0.3 is 10.2 Å². The Morgan fingerprint density at radius 1 is 1.32 bits per heavy atom. The SMILES string of the molecule is Cc1ccc(C(=O)NN=Cc2cc(Br)c(O)c(Br)c2O)cn1. The number of benzene rings is 1. The number of amides is 1. The lowest BCUT2D eigenvalue weighted by molar-refractivity contribution is 0.0954. The minimum Gasteiger partial charge on any atom is -0.506 e. The van der Waals surface area contributed by atoms with Crippen LogP contribution in [0.5, 0.6) is 11.5 Å². The first-order valence-electron chi connectivity index (χ1n) is 6.06. The van der Waals surface area contributed by atoms with E-state index in [2.05, 4.69) is 47.4 Å². The van der Waals surface area contributed by atoms with Gasteiger partial charge in [0.15, 0.2) is 0 Å². The van der Waals surface area contributed by atoms with Crippen LogP contribution in [0.3, 0.4) is 0 Å². The van der Waals surface area contributed by atoms with E-state index in [1.54, 1.807) is 12.1 Å². The number of halogens is 2. The van der Waals surface area contributed by atoms with Gasteiger partial charge in [-0.3, -0.25) is 9.78 Å². The van der Waals surface area contributed by atoms with Crippen LogP contribution in [0.2, 0.25) is 0 Å². The van der Waals surface area contributed by atoms with Crippen molar-refractivity contribution in [2.45, 2.75) is 6.92 Å². The van der Waals surface area contributed by atoms with Gasteiger partial charge in [-0.1, -0.05) is 0 Å². The summed E-state index contributed by atoms with van der Waals surface area (Å²) < 4.78 is 0.519. The highest BCUT2D eigenvalue weighted by Gasteiger charge is 2.13. The summed E-state index contributed by atoms with van der Waals surface area (Å²) in [6.45, 7) is 1.82. The smallest absolute Gasteiger partial charge is 0.272 e. The molecule has 3 N–H and O–H groups in total. The van der Waals surface area contributed by atoms with Gasteiger partial charge in [-0.2, -0.15) is 5.10 Å². The quantitative estimate of drug-likeness (QED) is 0.517. The maximum Gasteiger partial charge on any atom is 0.272 e. The number of aromatic hydroxyl groups is 2. The molecule has 2 aromatic rings. The lowest BCUT2D eigenvalue weighted by Crippen LogP contribution is -2.17. The summed E-state index contributed by atoms with van der Waals surface area (Å²) in [5.74, 6) is -0.722. The molecular formula is C14H11Br2N3O3. The molecule has 0 fully saturated rings. The Balaban J connectivity index is 2.13. The van der Waals surface area contributed by atoms with E-state index < -0.39 is 5.91 Å². The number of hydrogen-bond acceptors (Lipinski definition) is 5. The molecule has 0 aliphatic heterocycles. The second kappa shape index (κ2) is 6.89. The number of carbonyl (C=O) groups is 1. The van der Waals surface area contributed by atoms with Gasteiger partial charge in [0, 0.05) is 17.5 Å². The molecule has 0 spiro atoms. The Kier molecular flexibility index (Phi) is 5.15. The first kappa shape index (κ1) is 16.4. The van der Waals surface area contributed by atoms with Crippen LogP contribution < -0.4 is 5.43 Å². The number of phenols is 2. The van der Waals surface area contributed by atoms with Crippen molar-refractivity contribution in [3.63, 3.8) is 0 Å². The van der Waals surface area contributed by atoms with Gasteiger partial charge in [0.2, 0.25) is 0 Å². The largest absolute Gasteiger partial charge is 0.506 e. The summed E-state index contributed by atoms with van der Waals surface area (Å²) in [4.78, 5) is 15.9. The molecule has 1 aromatic carbocycles. The number of nitrogens with zero attached hydrogens (tertiary/aromatic N) is 2. The lowest BCUT2D eigenvalue weighted by atomic mass is 10.2. The van der Waals surface area contributed by atoms with E-state index in [0.29, 0.717) is 15.6 Å². The number of nitrogens with one attached hydrogen (secondary N) is 1. The van der Waals surface area contributed by atoms with E-state index in [9.17, 15) is 15.0 Å². The van der Waals surface area contributed by atoms with Gasteiger partial charge in [-0.25, -0.2) is 5.43 Å². The summed E-state index contributed by atoms with van der Waals surface area (Å²) in [5.41, 5.74) is 3.84. The van der Waals surface area contributed by atoms with E-state index >= 15 is 0 Å². The third kappa shape index (κ3) is 3.63. The van der Waals surface area contributed by atoms with Crippen molar-refractivity contribution in [3.05, 3.63) is 50.2 Å². The molecule has 1 heterocycles. The number of rotatable bonds is 3. The van der Waals surface area contributed by atoms with Gasteiger partial charge >= 0.3 is 0 Å². The number of carbonyl (C=O) groups excluding carboxylic acids is 1. The van der Waals surface area contributed by atoms with Crippen LogP contribution in [-0.4, -0.2) is 27.3 Å². The highest BCUT2D eigenvalue weighted by atomic mass is 79.9. The average Bonchev–Trinajstić information content (AvgIpc) is 2.50. The highest BCUT2D eigenvalue weighted by molar-refractivity contribution is 9.11. The van der Waals surface area contributed by atoms with E-state index in [0.717, 1.165) is 5.69 Å². The first-order valence-corrected chi connectivity index (χ1v) is 7.64. The number of hydrogen-bond donors (Lipinski definition) is 3. The van der Waals surface area contributed by atoms with E-state index in [1.165, 1.54) is 18.5 Å². The number of pyridine rings is 1. The molecule has 0 saturated carbocycles. The number of hydrazone groups is 1. The fraction of sp³-hybridized carbons (Fsp3) is 0.0714. The molecular weight excluding hydrogens is 418 g/mol. The average molecular weight is 429 g/mol. The van der Waals surface area contributed by atoms with Gasteiger partial charge in [-0.15, -0.1) is 0 Å². The Hall–Kier alpha value is -1.93. The fourth-order valence-electron chi connectivity index (χ4n) is 1.54. The number of aromatic nitrogens is 1.